The molecule has 1 heterocycles. The number of aryl methyl sites for hydroxylation is 3. The van der Waals surface area contributed by atoms with E-state index in [1.54, 1.807) is 6.07 Å². The first-order chi connectivity index (χ1) is 14.8. The van der Waals surface area contributed by atoms with Gasteiger partial charge in [0.2, 0.25) is 0 Å². The molecule has 31 heavy (non-hydrogen) atoms. The van der Waals surface area contributed by atoms with Gasteiger partial charge in [0, 0.05) is 11.0 Å². The average molecular weight is 413 g/mol. The molecule has 1 aliphatic rings. The Morgan fingerprint density at radius 3 is 2.06 bits per heavy atom. The van der Waals surface area contributed by atoms with Crippen molar-refractivity contribution in [2.75, 3.05) is 0 Å². The lowest BCUT2D eigenvalue weighted by Gasteiger charge is -2.48. The van der Waals surface area contributed by atoms with Crippen LogP contribution in [-0.2, 0) is 9.31 Å². The Kier molecular flexibility index (Phi) is 5.82. The fourth-order valence-corrected chi connectivity index (χ4v) is 4.87. The second-order valence-electron chi connectivity index (χ2n) is 9.06. The molecule has 2 unspecified atom stereocenters. The van der Waals surface area contributed by atoms with Gasteiger partial charge in [-0.25, -0.2) is 0 Å². The van der Waals surface area contributed by atoms with Gasteiger partial charge < -0.3 is 9.31 Å². The second-order valence-corrected chi connectivity index (χ2v) is 9.06. The quantitative estimate of drug-likeness (QED) is 0.375. The molecule has 5 heteroatoms. The normalized spacial score (nSPS) is 20.5. The predicted molar refractivity (Wildman–Crippen MR) is 126 cm³/mol. The summed E-state index contributed by atoms with van der Waals surface area (Å²) in [5.41, 5.74) is 6.37. The van der Waals surface area contributed by atoms with Crippen LogP contribution < -0.4 is 5.46 Å². The maximum atomic E-state index is 11.6. The van der Waals surface area contributed by atoms with Crippen LogP contribution in [0.1, 0.15) is 53.9 Å². The largest absolute Gasteiger partial charge is 0.495 e. The molecule has 1 saturated heterocycles. The first-order valence-corrected chi connectivity index (χ1v) is 10.7. The zero-order valence-corrected chi connectivity index (χ0v) is 18.8. The van der Waals surface area contributed by atoms with E-state index in [0.717, 1.165) is 27.7 Å². The summed E-state index contributed by atoms with van der Waals surface area (Å²) < 4.78 is 13.3. The number of hydrogen-bond acceptors (Lipinski definition) is 4. The standard InChI is InChI=1S/C26H28BNO3/c1-17-15-18(2)23(19(3)16-17)27-30-24(20-11-7-6-8-12-20)26(4,5)25(31-27)21-13-9-10-14-22(21)28-29/h6-16,24-25H,1-5H3. The van der Waals surface area contributed by atoms with E-state index in [-0.39, 0.29) is 12.2 Å². The molecular formula is C26H28BNO3. The topological polar surface area (TPSA) is 47.9 Å². The fourth-order valence-electron chi connectivity index (χ4n) is 4.87. The molecule has 0 N–H and O–H groups in total. The Labute approximate surface area is 184 Å². The van der Waals surface area contributed by atoms with Gasteiger partial charge in [0.25, 0.3) is 0 Å². The Bertz CT molecular complexity index is 1070. The van der Waals surface area contributed by atoms with Gasteiger partial charge in [-0.15, -0.1) is 4.91 Å². The van der Waals surface area contributed by atoms with Gasteiger partial charge in [0.05, 0.1) is 12.2 Å². The van der Waals surface area contributed by atoms with E-state index < -0.39 is 12.5 Å². The van der Waals surface area contributed by atoms with Crippen LogP contribution in [0.3, 0.4) is 0 Å². The van der Waals surface area contributed by atoms with Gasteiger partial charge >= 0.3 is 7.12 Å². The van der Waals surface area contributed by atoms with Gasteiger partial charge in [-0.3, -0.25) is 0 Å². The van der Waals surface area contributed by atoms with Crippen LogP contribution in [0.25, 0.3) is 0 Å². The summed E-state index contributed by atoms with van der Waals surface area (Å²) in [6, 6.07) is 22.0. The average Bonchev–Trinajstić information content (AvgIpc) is 2.74. The molecule has 0 aromatic heterocycles. The Hall–Kier alpha value is -2.76. The number of rotatable bonds is 4. The van der Waals surface area contributed by atoms with Gasteiger partial charge in [0.1, 0.15) is 5.69 Å². The van der Waals surface area contributed by atoms with Crippen molar-refractivity contribution in [1.82, 2.24) is 0 Å². The van der Waals surface area contributed by atoms with Crippen LogP contribution in [0.2, 0.25) is 0 Å². The molecular weight excluding hydrogens is 385 g/mol. The fraction of sp³-hybridized carbons (Fsp3) is 0.308. The smallest absolute Gasteiger partial charge is 0.400 e. The van der Waals surface area contributed by atoms with Crippen molar-refractivity contribution in [3.63, 3.8) is 0 Å². The third-order valence-electron chi connectivity index (χ3n) is 6.26. The SMILES string of the molecule is Cc1cc(C)c(B2OC(c3ccccc3)C(C)(C)C(c3ccccc3N=O)O2)c(C)c1. The Balaban J connectivity index is 1.87. The molecule has 0 spiro atoms. The predicted octanol–water partition coefficient (Wildman–Crippen LogP) is 6.26. The van der Waals surface area contributed by atoms with Crippen molar-refractivity contribution in [2.45, 2.75) is 46.8 Å². The minimum Gasteiger partial charge on any atom is -0.400 e. The first kappa shape index (κ1) is 21.5. The van der Waals surface area contributed by atoms with Crippen molar-refractivity contribution >= 4 is 18.3 Å². The zero-order valence-electron chi connectivity index (χ0n) is 18.8. The van der Waals surface area contributed by atoms with Crippen LogP contribution in [0.5, 0.6) is 0 Å². The van der Waals surface area contributed by atoms with E-state index in [4.69, 9.17) is 9.31 Å². The lowest BCUT2D eigenvalue weighted by Crippen LogP contribution is -2.52. The third kappa shape index (κ3) is 3.96. The van der Waals surface area contributed by atoms with Crippen LogP contribution in [0, 0.1) is 31.1 Å². The summed E-state index contributed by atoms with van der Waals surface area (Å²) in [5.74, 6) is 0. The molecule has 158 valence electrons. The van der Waals surface area contributed by atoms with E-state index >= 15 is 0 Å². The van der Waals surface area contributed by atoms with Gasteiger partial charge in [-0.1, -0.05) is 91.2 Å². The first-order valence-electron chi connectivity index (χ1n) is 10.7. The highest BCUT2D eigenvalue weighted by Gasteiger charge is 2.50. The van der Waals surface area contributed by atoms with E-state index in [1.165, 1.54) is 5.56 Å². The monoisotopic (exact) mass is 413 g/mol. The molecule has 1 aliphatic heterocycles. The minimum absolute atomic E-state index is 0.225. The molecule has 0 bridgehead atoms. The van der Waals surface area contributed by atoms with E-state index in [0.29, 0.717) is 5.69 Å². The lowest BCUT2D eigenvalue weighted by molar-refractivity contribution is -0.0911. The number of benzene rings is 3. The van der Waals surface area contributed by atoms with Crippen molar-refractivity contribution in [3.8, 4) is 0 Å². The van der Waals surface area contributed by atoms with Crippen LogP contribution in [0.15, 0.2) is 71.9 Å². The van der Waals surface area contributed by atoms with Crippen LogP contribution >= 0.6 is 0 Å². The van der Waals surface area contributed by atoms with Crippen molar-refractivity contribution in [3.05, 3.63) is 99.5 Å². The van der Waals surface area contributed by atoms with E-state index in [2.05, 4.69) is 64.1 Å². The summed E-state index contributed by atoms with van der Waals surface area (Å²) in [7, 11) is -0.552. The van der Waals surface area contributed by atoms with Gasteiger partial charge in [-0.2, -0.15) is 0 Å². The highest BCUT2D eigenvalue weighted by molar-refractivity contribution is 6.62. The molecule has 3 aromatic carbocycles. The highest BCUT2D eigenvalue weighted by atomic mass is 16.6. The number of nitrogens with zero attached hydrogens (tertiary/aromatic N) is 1. The molecule has 4 nitrogen and oxygen atoms in total. The summed E-state index contributed by atoms with van der Waals surface area (Å²) in [6.45, 7) is 10.5. The highest BCUT2D eigenvalue weighted by Crippen LogP contribution is 2.53. The molecule has 0 saturated carbocycles. The summed E-state index contributed by atoms with van der Waals surface area (Å²) >= 11 is 0. The lowest BCUT2D eigenvalue weighted by atomic mass is 9.65. The zero-order chi connectivity index (χ0) is 22.2. The maximum absolute atomic E-state index is 11.6. The molecule has 2 atom stereocenters. The molecule has 1 fully saturated rings. The van der Waals surface area contributed by atoms with Crippen molar-refractivity contribution in [1.29, 1.82) is 0 Å². The van der Waals surface area contributed by atoms with Crippen LogP contribution in [0.4, 0.5) is 5.69 Å². The molecule has 3 aromatic rings. The van der Waals surface area contributed by atoms with Crippen LogP contribution in [-0.4, -0.2) is 7.12 Å². The summed E-state index contributed by atoms with van der Waals surface area (Å²) in [4.78, 5) is 11.6. The Morgan fingerprint density at radius 1 is 0.839 bits per heavy atom. The molecule has 0 amide bonds. The second kappa shape index (κ2) is 8.41. The minimum atomic E-state index is -0.552. The van der Waals surface area contributed by atoms with Gasteiger partial charge in [-0.05, 0) is 43.0 Å². The van der Waals surface area contributed by atoms with E-state index in [1.807, 2.05) is 36.4 Å². The number of nitroso groups, excluding NO2 is 1. The van der Waals surface area contributed by atoms with Gasteiger partial charge in [0.15, 0.2) is 0 Å². The van der Waals surface area contributed by atoms with E-state index in [9.17, 15) is 4.91 Å². The van der Waals surface area contributed by atoms with Crippen molar-refractivity contribution in [2.24, 2.45) is 10.6 Å². The third-order valence-corrected chi connectivity index (χ3v) is 6.26. The Morgan fingerprint density at radius 2 is 1.42 bits per heavy atom. The van der Waals surface area contributed by atoms with Crippen molar-refractivity contribution < 1.29 is 9.31 Å². The number of hydrogen-bond donors (Lipinski definition) is 0. The molecule has 0 aliphatic carbocycles. The molecule has 0 radical (unpaired) electrons. The molecule has 4 rings (SSSR count). The maximum Gasteiger partial charge on any atom is 0.495 e. The summed E-state index contributed by atoms with van der Waals surface area (Å²) in [5, 5.41) is 3.28. The summed E-state index contributed by atoms with van der Waals surface area (Å²) in [6.07, 6.45) is -0.595.